The predicted molar refractivity (Wildman–Crippen MR) is 119 cm³/mol. The lowest BCUT2D eigenvalue weighted by atomic mass is 10.1. The highest BCUT2D eigenvalue weighted by Gasteiger charge is 2.35. The molecule has 4 rings (SSSR count). The number of ether oxygens (including phenoxy) is 1. The molecule has 0 unspecified atom stereocenters. The Morgan fingerprint density at radius 1 is 0.867 bits per heavy atom. The van der Waals surface area contributed by atoms with Gasteiger partial charge in [-0.2, -0.15) is 0 Å². The van der Waals surface area contributed by atoms with Gasteiger partial charge in [0.05, 0.1) is 12.0 Å². The first-order chi connectivity index (χ1) is 14.5. The second-order valence-electron chi connectivity index (χ2n) is 7.62. The number of nitrogens with zero attached hydrogens (tertiary/aromatic N) is 3. The summed E-state index contributed by atoms with van der Waals surface area (Å²) >= 11 is 0. The van der Waals surface area contributed by atoms with E-state index < -0.39 is 0 Å². The van der Waals surface area contributed by atoms with Gasteiger partial charge in [-0.3, -0.25) is 10.1 Å². The molecule has 1 fully saturated rings. The Morgan fingerprint density at radius 2 is 1.37 bits per heavy atom. The van der Waals surface area contributed by atoms with E-state index in [0.717, 1.165) is 30.0 Å². The lowest BCUT2D eigenvalue weighted by Gasteiger charge is -2.33. The Labute approximate surface area is 176 Å². The van der Waals surface area contributed by atoms with Crippen LogP contribution in [0.1, 0.15) is 22.9 Å². The molecule has 0 N–H and O–H groups in total. The van der Waals surface area contributed by atoms with E-state index in [9.17, 15) is 10.1 Å². The molecule has 3 aromatic carbocycles. The average molecular weight is 403 g/mol. The molecule has 1 aliphatic heterocycles. The number of hydrogen-bond donors (Lipinski definition) is 0. The summed E-state index contributed by atoms with van der Waals surface area (Å²) in [7, 11) is 1.45. The fourth-order valence-electron chi connectivity index (χ4n) is 4.01. The smallest absolute Gasteiger partial charge is 0.311 e. The van der Waals surface area contributed by atoms with Gasteiger partial charge in [-0.05, 0) is 44.2 Å². The van der Waals surface area contributed by atoms with Crippen LogP contribution in [0.3, 0.4) is 0 Å². The Kier molecular flexibility index (Phi) is 5.31. The number of anilines is 2. The molecule has 0 aromatic heterocycles. The highest BCUT2D eigenvalue weighted by Crippen LogP contribution is 2.40. The van der Waals surface area contributed by atoms with Crippen molar-refractivity contribution in [1.29, 1.82) is 0 Å². The number of aryl methyl sites for hydroxylation is 2. The lowest BCUT2D eigenvalue weighted by Crippen LogP contribution is -2.31. The molecular formula is C24H25N3O3. The summed E-state index contributed by atoms with van der Waals surface area (Å²) < 4.78 is 5.20. The first-order valence-corrected chi connectivity index (χ1v) is 9.97. The van der Waals surface area contributed by atoms with Gasteiger partial charge in [-0.25, -0.2) is 0 Å². The van der Waals surface area contributed by atoms with Crippen molar-refractivity contribution in [2.45, 2.75) is 20.0 Å². The fraction of sp³-hybridized carbons (Fsp3) is 0.250. The molecule has 0 atom stereocenters. The van der Waals surface area contributed by atoms with Crippen molar-refractivity contribution in [3.63, 3.8) is 0 Å². The largest absolute Gasteiger partial charge is 0.490 e. The van der Waals surface area contributed by atoms with Crippen LogP contribution in [0, 0.1) is 24.0 Å². The van der Waals surface area contributed by atoms with Crippen molar-refractivity contribution in [1.82, 2.24) is 0 Å². The van der Waals surface area contributed by atoms with Gasteiger partial charge < -0.3 is 14.5 Å². The molecule has 0 radical (unpaired) electrons. The van der Waals surface area contributed by atoms with E-state index in [1.165, 1.54) is 18.2 Å². The van der Waals surface area contributed by atoms with Crippen molar-refractivity contribution in [3.8, 4) is 5.75 Å². The van der Waals surface area contributed by atoms with Crippen LogP contribution in [0.5, 0.6) is 5.75 Å². The van der Waals surface area contributed by atoms with Gasteiger partial charge in [0.1, 0.15) is 6.17 Å². The number of nitro benzene ring substituents is 1. The molecule has 154 valence electrons. The van der Waals surface area contributed by atoms with E-state index in [-0.39, 0.29) is 22.5 Å². The zero-order valence-corrected chi connectivity index (χ0v) is 17.4. The van der Waals surface area contributed by atoms with Gasteiger partial charge in [0.2, 0.25) is 0 Å². The standard InChI is InChI=1S/C24H25N3O3/c1-17-4-9-20(10-5-17)25-14-15-26(21-11-6-18(2)7-12-21)24(25)19-8-13-23(30-3)22(16-19)27(28)29/h4-13,16,24H,14-15H2,1-3H3. The zero-order valence-electron chi connectivity index (χ0n) is 17.4. The van der Waals surface area contributed by atoms with Gasteiger partial charge in [-0.15, -0.1) is 0 Å². The number of benzene rings is 3. The quantitative estimate of drug-likeness (QED) is 0.430. The molecule has 6 heteroatoms. The van der Waals surface area contributed by atoms with Crippen LogP contribution in [-0.2, 0) is 0 Å². The van der Waals surface area contributed by atoms with E-state index in [2.05, 4.69) is 72.2 Å². The number of hydrogen-bond acceptors (Lipinski definition) is 5. The minimum Gasteiger partial charge on any atom is -0.490 e. The van der Waals surface area contributed by atoms with E-state index >= 15 is 0 Å². The number of nitro groups is 1. The van der Waals surface area contributed by atoms with Crippen molar-refractivity contribution >= 4 is 17.1 Å². The topological polar surface area (TPSA) is 58.8 Å². The lowest BCUT2D eigenvalue weighted by molar-refractivity contribution is -0.385. The summed E-state index contributed by atoms with van der Waals surface area (Å²) in [5.41, 5.74) is 5.43. The Balaban J connectivity index is 1.81. The third-order valence-electron chi connectivity index (χ3n) is 5.60. The zero-order chi connectivity index (χ0) is 21.3. The Hall–Kier alpha value is -3.54. The Bertz CT molecular complexity index is 995. The molecule has 1 heterocycles. The number of rotatable bonds is 5. The maximum atomic E-state index is 11.6. The van der Waals surface area contributed by atoms with Crippen LogP contribution in [-0.4, -0.2) is 25.1 Å². The van der Waals surface area contributed by atoms with Crippen LogP contribution in [0.25, 0.3) is 0 Å². The molecule has 0 spiro atoms. The summed E-state index contributed by atoms with van der Waals surface area (Å²) in [5, 5.41) is 11.6. The van der Waals surface area contributed by atoms with E-state index in [1.807, 2.05) is 6.07 Å². The molecule has 0 amide bonds. The van der Waals surface area contributed by atoms with Gasteiger partial charge in [-0.1, -0.05) is 41.5 Å². The Morgan fingerprint density at radius 3 is 1.80 bits per heavy atom. The molecule has 3 aromatic rings. The van der Waals surface area contributed by atoms with Crippen LogP contribution in [0.4, 0.5) is 17.1 Å². The van der Waals surface area contributed by atoms with Crippen molar-refractivity contribution in [3.05, 3.63) is 93.5 Å². The van der Waals surface area contributed by atoms with E-state index in [1.54, 1.807) is 12.1 Å². The van der Waals surface area contributed by atoms with Crippen LogP contribution in [0.2, 0.25) is 0 Å². The molecule has 1 saturated heterocycles. The van der Waals surface area contributed by atoms with Gasteiger partial charge >= 0.3 is 5.69 Å². The monoisotopic (exact) mass is 403 g/mol. The predicted octanol–water partition coefficient (Wildman–Crippen LogP) is 5.25. The summed E-state index contributed by atoms with van der Waals surface area (Å²) in [6.45, 7) is 5.77. The second-order valence-corrected chi connectivity index (χ2v) is 7.62. The molecule has 0 aliphatic carbocycles. The molecule has 30 heavy (non-hydrogen) atoms. The molecule has 6 nitrogen and oxygen atoms in total. The normalized spacial score (nSPS) is 14.2. The number of methoxy groups -OCH3 is 1. The summed E-state index contributed by atoms with van der Waals surface area (Å²) in [5.74, 6) is 0.269. The fourth-order valence-corrected chi connectivity index (χ4v) is 4.01. The first-order valence-electron chi connectivity index (χ1n) is 9.97. The van der Waals surface area contributed by atoms with Crippen molar-refractivity contribution in [2.24, 2.45) is 0 Å². The second kappa shape index (κ2) is 8.06. The van der Waals surface area contributed by atoms with Crippen LogP contribution in [0.15, 0.2) is 66.7 Å². The third kappa shape index (κ3) is 3.68. The van der Waals surface area contributed by atoms with Crippen molar-refractivity contribution in [2.75, 3.05) is 30.0 Å². The van der Waals surface area contributed by atoms with Crippen molar-refractivity contribution < 1.29 is 9.66 Å². The van der Waals surface area contributed by atoms with Gasteiger partial charge in [0.25, 0.3) is 0 Å². The minimum absolute atomic E-state index is 0.0189. The minimum atomic E-state index is -0.385. The molecule has 1 aliphatic rings. The third-order valence-corrected chi connectivity index (χ3v) is 5.60. The van der Waals surface area contributed by atoms with E-state index in [4.69, 9.17) is 4.74 Å². The molecular weight excluding hydrogens is 378 g/mol. The van der Waals surface area contributed by atoms with Crippen LogP contribution < -0.4 is 14.5 Å². The van der Waals surface area contributed by atoms with E-state index in [0.29, 0.717) is 0 Å². The van der Waals surface area contributed by atoms with Gasteiger partial charge in [0.15, 0.2) is 5.75 Å². The maximum Gasteiger partial charge on any atom is 0.311 e. The summed E-state index contributed by atoms with van der Waals surface area (Å²) in [6, 6.07) is 22.1. The summed E-state index contributed by atoms with van der Waals surface area (Å²) in [4.78, 5) is 15.8. The SMILES string of the molecule is COc1ccc(C2N(c3ccc(C)cc3)CCN2c2ccc(C)cc2)cc1[N+](=O)[O-]. The first kappa shape index (κ1) is 19.8. The summed E-state index contributed by atoms with van der Waals surface area (Å²) in [6.07, 6.45) is -0.153. The highest BCUT2D eigenvalue weighted by molar-refractivity contribution is 5.61. The molecule has 0 bridgehead atoms. The van der Waals surface area contributed by atoms with Gasteiger partial charge in [0, 0.05) is 36.1 Å². The molecule has 0 saturated carbocycles. The average Bonchev–Trinajstić information content (AvgIpc) is 3.19. The highest BCUT2D eigenvalue weighted by atomic mass is 16.6. The van der Waals surface area contributed by atoms with Crippen LogP contribution >= 0.6 is 0 Å². The maximum absolute atomic E-state index is 11.6.